The van der Waals surface area contributed by atoms with E-state index in [1.165, 1.54) is 12.1 Å². The lowest BCUT2D eigenvalue weighted by Crippen LogP contribution is -2.38. The van der Waals surface area contributed by atoms with Crippen LogP contribution in [0.2, 0.25) is 0 Å². The maximum atomic E-state index is 13.4. The summed E-state index contributed by atoms with van der Waals surface area (Å²) >= 11 is 0. The van der Waals surface area contributed by atoms with Crippen LogP contribution in [0, 0.1) is 5.82 Å². The Morgan fingerprint density at radius 3 is 2.79 bits per heavy atom. The minimum atomic E-state index is -0.269. The van der Waals surface area contributed by atoms with Crippen LogP contribution in [0.3, 0.4) is 0 Å². The highest BCUT2D eigenvalue weighted by molar-refractivity contribution is 5.57. The fourth-order valence-electron chi connectivity index (χ4n) is 3.07. The lowest BCUT2D eigenvalue weighted by molar-refractivity contribution is 0.209. The van der Waals surface area contributed by atoms with Gasteiger partial charge in [0.15, 0.2) is 0 Å². The number of ether oxygens (including phenoxy) is 1. The normalized spacial score (nSPS) is 16.1. The Balaban J connectivity index is 1.54. The summed E-state index contributed by atoms with van der Waals surface area (Å²) in [6.45, 7) is 5.39. The van der Waals surface area contributed by atoms with Gasteiger partial charge in [-0.05, 0) is 44.0 Å². The summed E-state index contributed by atoms with van der Waals surface area (Å²) in [7, 11) is 0. The van der Waals surface area contributed by atoms with Gasteiger partial charge in [-0.25, -0.2) is 4.39 Å². The number of rotatable bonds is 6. The van der Waals surface area contributed by atoms with Gasteiger partial charge in [0.05, 0.1) is 18.0 Å². The Morgan fingerprint density at radius 2 is 2.08 bits per heavy atom. The average Bonchev–Trinajstić information content (AvgIpc) is 2.60. The number of pyridine rings is 1. The zero-order valence-corrected chi connectivity index (χ0v) is 14.0. The van der Waals surface area contributed by atoms with E-state index in [0.717, 1.165) is 43.9 Å². The fraction of sp³-hybridized carbons (Fsp3) is 0.421. The van der Waals surface area contributed by atoms with Crippen LogP contribution in [0.1, 0.15) is 25.5 Å². The molecule has 128 valence electrons. The smallest absolute Gasteiger partial charge is 0.145 e. The number of benzene rings is 1. The van der Waals surface area contributed by atoms with E-state index in [2.05, 4.69) is 21.3 Å². The van der Waals surface area contributed by atoms with Crippen LogP contribution < -0.4 is 10.1 Å². The molecule has 0 aliphatic carbocycles. The van der Waals surface area contributed by atoms with Crippen LogP contribution >= 0.6 is 0 Å². The second-order valence-electron chi connectivity index (χ2n) is 6.09. The van der Waals surface area contributed by atoms with E-state index in [1.54, 1.807) is 6.07 Å². The summed E-state index contributed by atoms with van der Waals surface area (Å²) in [4.78, 5) is 6.82. The number of nitrogens with zero attached hydrogens (tertiary/aromatic N) is 2. The molecular weight excluding hydrogens is 305 g/mol. The molecule has 3 rings (SSSR count). The van der Waals surface area contributed by atoms with Crippen molar-refractivity contribution < 1.29 is 9.13 Å². The molecule has 1 N–H and O–H groups in total. The molecule has 1 aliphatic rings. The molecule has 1 saturated heterocycles. The SMILES string of the molecule is CCOc1cc(F)ccc1NC1CCN(Cc2ccccn2)CC1. The van der Waals surface area contributed by atoms with E-state index >= 15 is 0 Å². The minimum absolute atomic E-state index is 0.269. The van der Waals surface area contributed by atoms with Crippen molar-refractivity contribution in [2.75, 3.05) is 25.0 Å². The molecule has 1 fully saturated rings. The second-order valence-corrected chi connectivity index (χ2v) is 6.09. The van der Waals surface area contributed by atoms with Crippen LogP contribution in [0.15, 0.2) is 42.6 Å². The molecule has 0 saturated carbocycles. The number of anilines is 1. The van der Waals surface area contributed by atoms with Crippen LogP contribution in [0.4, 0.5) is 10.1 Å². The van der Waals surface area contributed by atoms with Crippen molar-refractivity contribution in [1.82, 2.24) is 9.88 Å². The number of halogens is 1. The van der Waals surface area contributed by atoms with E-state index in [9.17, 15) is 4.39 Å². The molecule has 1 aliphatic heterocycles. The third-order valence-corrected chi connectivity index (χ3v) is 4.30. The molecule has 0 amide bonds. The Labute approximate surface area is 142 Å². The number of aromatic nitrogens is 1. The molecule has 5 heteroatoms. The van der Waals surface area contributed by atoms with Crippen LogP contribution in [-0.2, 0) is 6.54 Å². The van der Waals surface area contributed by atoms with E-state index in [1.807, 2.05) is 25.3 Å². The molecule has 1 aromatic carbocycles. The number of likely N-dealkylation sites (tertiary alicyclic amines) is 1. The van der Waals surface area contributed by atoms with Crippen LogP contribution in [-0.4, -0.2) is 35.6 Å². The quantitative estimate of drug-likeness (QED) is 0.877. The van der Waals surface area contributed by atoms with Crippen molar-refractivity contribution >= 4 is 5.69 Å². The first-order chi connectivity index (χ1) is 11.7. The van der Waals surface area contributed by atoms with Gasteiger partial charge in [-0.1, -0.05) is 6.07 Å². The van der Waals surface area contributed by atoms with Crippen molar-refractivity contribution in [2.24, 2.45) is 0 Å². The van der Waals surface area contributed by atoms with Gasteiger partial charge in [0.1, 0.15) is 11.6 Å². The van der Waals surface area contributed by atoms with E-state index in [0.29, 0.717) is 18.4 Å². The highest BCUT2D eigenvalue weighted by atomic mass is 19.1. The molecule has 0 radical (unpaired) electrons. The minimum Gasteiger partial charge on any atom is -0.492 e. The third kappa shape index (κ3) is 4.45. The van der Waals surface area contributed by atoms with Gasteiger partial charge < -0.3 is 10.1 Å². The zero-order chi connectivity index (χ0) is 16.8. The summed E-state index contributed by atoms with van der Waals surface area (Å²) in [6, 6.07) is 11.1. The first-order valence-corrected chi connectivity index (χ1v) is 8.55. The lowest BCUT2D eigenvalue weighted by atomic mass is 10.0. The maximum Gasteiger partial charge on any atom is 0.145 e. The molecule has 1 aromatic heterocycles. The fourth-order valence-corrected chi connectivity index (χ4v) is 3.07. The topological polar surface area (TPSA) is 37.4 Å². The standard InChI is InChI=1S/C19H24FN3O/c1-2-24-19-13-15(20)6-7-18(19)22-16-8-11-23(12-9-16)14-17-5-3-4-10-21-17/h3-7,10,13,16,22H,2,8-9,11-12,14H2,1H3. The zero-order valence-electron chi connectivity index (χ0n) is 14.0. The highest BCUT2D eigenvalue weighted by Crippen LogP contribution is 2.28. The van der Waals surface area contributed by atoms with Crippen molar-refractivity contribution in [3.63, 3.8) is 0 Å². The number of hydrogen-bond acceptors (Lipinski definition) is 4. The lowest BCUT2D eigenvalue weighted by Gasteiger charge is -2.33. The van der Waals surface area contributed by atoms with Crippen molar-refractivity contribution in [1.29, 1.82) is 0 Å². The van der Waals surface area contributed by atoms with Gasteiger partial charge in [0.2, 0.25) is 0 Å². The highest BCUT2D eigenvalue weighted by Gasteiger charge is 2.20. The maximum absolute atomic E-state index is 13.4. The molecule has 4 nitrogen and oxygen atoms in total. The van der Waals surface area contributed by atoms with Gasteiger partial charge >= 0.3 is 0 Å². The van der Waals surface area contributed by atoms with E-state index in [4.69, 9.17) is 4.74 Å². The van der Waals surface area contributed by atoms with E-state index < -0.39 is 0 Å². The summed E-state index contributed by atoms with van der Waals surface area (Å²) in [5.74, 6) is 0.322. The Kier molecular flexibility index (Phi) is 5.64. The summed E-state index contributed by atoms with van der Waals surface area (Å²) in [6.07, 6.45) is 3.94. The number of nitrogens with one attached hydrogen (secondary N) is 1. The summed E-state index contributed by atoms with van der Waals surface area (Å²) in [5.41, 5.74) is 1.99. The predicted molar refractivity (Wildman–Crippen MR) is 93.7 cm³/mol. The first-order valence-electron chi connectivity index (χ1n) is 8.55. The molecule has 0 atom stereocenters. The van der Waals surface area contributed by atoms with Gasteiger partial charge in [0, 0.05) is 37.9 Å². The number of piperidine rings is 1. The molecule has 0 bridgehead atoms. The van der Waals surface area contributed by atoms with Crippen molar-refractivity contribution in [2.45, 2.75) is 32.4 Å². The third-order valence-electron chi connectivity index (χ3n) is 4.30. The average molecular weight is 329 g/mol. The summed E-state index contributed by atoms with van der Waals surface area (Å²) < 4.78 is 18.9. The number of hydrogen-bond donors (Lipinski definition) is 1. The van der Waals surface area contributed by atoms with E-state index in [-0.39, 0.29) is 5.82 Å². The van der Waals surface area contributed by atoms with Crippen molar-refractivity contribution in [3.05, 3.63) is 54.1 Å². The van der Waals surface area contributed by atoms with Gasteiger partial charge in [0.25, 0.3) is 0 Å². The monoisotopic (exact) mass is 329 g/mol. The molecule has 2 heterocycles. The molecule has 24 heavy (non-hydrogen) atoms. The van der Waals surface area contributed by atoms with Crippen molar-refractivity contribution in [3.8, 4) is 5.75 Å². The Bertz CT molecular complexity index is 642. The Hall–Kier alpha value is -2.14. The molecule has 0 unspecified atom stereocenters. The van der Waals surface area contributed by atoms with Crippen LogP contribution in [0.25, 0.3) is 0 Å². The molecular formula is C19H24FN3O. The summed E-state index contributed by atoms with van der Waals surface area (Å²) in [5, 5.41) is 3.51. The van der Waals surface area contributed by atoms with Crippen LogP contribution in [0.5, 0.6) is 5.75 Å². The predicted octanol–water partition coefficient (Wildman–Crippen LogP) is 3.70. The second kappa shape index (κ2) is 8.11. The largest absolute Gasteiger partial charge is 0.492 e. The Morgan fingerprint density at radius 1 is 1.25 bits per heavy atom. The molecule has 0 spiro atoms. The van der Waals surface area contributed by atoms with Gasteiger partial charge in [-0.15, -0.1) is 0 Å². The van der Waals surface area contributed by atoms with Gasteiger partial charge in [-0.3, -0.25) is 9.88 Å². The first kappa shape index (κ1) is 16.7. The molecule has 2 aromatic rings. The van der Waals surface area contributed by atoms with Gasteiger partial charge in [-0.2, -0.15) is 0 Å².